The van der Waals surface area contributed by atoms with E-state index in [2.05, 4.69) is 0 Å². The molecule has 0 aliphatic carbocycles. The smallest absolute Gasteiger partial charge is 0.341 e. The highest BCUT2D eigenvalue weighted by molar-refractivity contribution is 8.00. The van der Waals surface area contributed by atoms with Crippen LogP contribution in [-0.2, 0) is 21.0 Å². The summed E-state index contributed by atoms with van der Waals surface area (Å²) in [6, 6.07) is 1.25. The van der Waals surface area contributed by atoms with Gasteiger partial charge in [-0.3, -0.25) is 4.79 Å². The Morgan fingerprint density at radius 2 is 1.88 bits per heavy atom. The molecule has 2 fully saturated rings. The molecule has 5 nitrogen and oxygen atoms in total. The maximum Gasteiger partial charge on any atom is 0.416 e. The van der Waals surface area contributed by atoms with Crippen LogP contribution in [-0.4, -0.2) is 54.3 Å². The third-order valence-electron chi connectivity index (χ3n) is 4.39. The van der Waals surface area contributed by atoms with E-state index in [-0.39, 0.29) is 22.6 Å². The zero-order valence-electron chi connectivity index (χ0n) is 13.5. The van der Waals surface area contributed by atoms with Crippen molar-refractivity contribution in [2.24, 2.45) is 0 Å². The van der Waals surface area contributed by atoms with Crippen LogP contribution in [0.5, 0.6) is 0 Å². The molecule has 2 aliphatic heterocycles. The van der Waals surface area contributed by atoms with Crippen LogP contribution >= 0.6 is 23.4 Å². The van der Waals surface area contributed by atoms with Gasteiger partial charge in [-0.15, -0.1) is 11.8 Å². The van der Waals surface area contributed by atoms with Crippen LogP contribution in [0.15, 0.2) is 23.1 Å². The fraction of sp³-hybridized carbons (Fsp3) is 0.533. The summed E-state index contributed by atoms with van der Waals surface area (Å²) < 4.78 is 65.7. The van der Waals surface area contributed by atoms with Crippen LogP contribution in [0, 0.1) is 0 Å². The molecule has 144 valence electrons. The van der Waals surface area contributed by atoms with Crippen molar-refractivity contribution < 1.29 is 26.4 Å². The monoisotopic (exact) mass is 428 g/mol. The van der Waals surface area contributed by atoms with E-state index in [4.69, 9.17) is 11.6 Å². The minimum atomic E-state index is -4.70. The average Bonchev–Trinajstić information content (AvgIpc) is 3.25. The topological polar surface area (TPSA) is 57.7 Å². The minimum absolute atomic E-state index is 0.000839. The second kappa shape index (κ2) is 7.21. The van der Waals surface area contributed by atoms with Gasteiger partial charge in [-0.1, -0.05) is 11.6 Å². The van der Waals surface area contributed by atoms with Crippen molar-refractivity contribution in [1.29, 1.82) is 0 Å². The van der Waals surface area contributed by atoms with Crippen LogP contribution in [0.2, 0.25) is 5.02 Å². The first kappa shape index (κ1) is 19.8. The lowest BCUT2D eigenvalue weighted by Gasteiger charge is -2.27. The van der Waals surface area contributed by atoms with Crippen LogP contribution in [0.4, 0.5) is 13.2 Å². The Labute approximate surface area is 158 Å². The molecule has 1 atom stereocenters. The summed E-state index contributed by atoms with van der Waals surface area (Å²) in [6.45, 7) is 1.14. The highest BCUT2D eigenvalue weighted by Gasteiger charge is 2.43. The molecule has 3 rings (SSSR count). The van der Waals surface area contributed by atoms with Crippen molar-refractivity contribution in [3.8, 4) is 0 Å². The van der Waals surface area contributed by atoms with E-state index in [1.807, 2.05) is 0 Å². The molecule has 1 amide bonds. The van der Waals surface area contributed by atoms with Crippen LogP contribution in [0.25, 0.3) is 0 Å². The van der Waals surface area contributed by atoms with Gasteiger partial charge in [0.05, 0.1) is 16.5 Å². The molecule has 0 bridgehead atoms. The van der Waals surface area contributed by atoms with Gasteiger partial charge in [0.1, 0.15) is 10.9 Å². The standard InChI is InChI=1S/C15H16ClF3N2O3S2/c16-11-4-3-10(15(17,18)19)7-13(11)26(23,24)21-9-25-8-12(21)14(22)20-5-1-2-6-20/h3-4,7,12H,1-2,5-6,8-9H2. The third-order valence-corrected chi connectivity index (χ3v) is 7.90. The number of rotatable bonds is 3. The number of hydrogen-bond donors (Lipinski definition) is 0. The van der Waals surface area contributed by atoms with E-state index >= 15 is 0 Å². The number of sulfonamides is 1. The van der Waals surface area contributed by atoms with Gasteiger partial charge in [-0.05, 0) is 31.0 Å². The van der Waals surface area contributed by atoms with Crippen molar-refractivity contribution in [3.05, 3.63) is 28.8 Å². The SMILES string of the molecule is O=C(C1CSCN1S(=O)(=O)c1cc(C(F)(F)F)ccc1Cl)N1CCCC1. The van der Waals surface area contributed by atoms with Crippen molar-refractivity contribution in [3.63, 3.8) is 0 Å². The molecule has 2 heterocycles. The number of amides is 1. The molecule has 1 unspecified atom stereocenters. The van der Waals surface area contributed by atoms with Gasteiger partial charge in [0.2, 0.25) is 15.9 Å². The Bertz CT molecular complexity index is 811. The number of carbonyl (C=O) groups excluding carboxylic acids is 1. The largest absolute Gasteiger partial charge is 0.416 e. The lowest BCUT2D eigenvalue weighted by molar-refractivity contribution is -0.137. The molecule has 1 aromatic rings. The van der Waals surface area contributed by atoms with E-state index < -0.39 is 32.7 Å². The molecule has 0 N–H and O–H groups in total. The van der Waals surface area contributed by atoms with E-state index in [1.165, 1.54) is 11.8 Å². The third kappa shape index (κ3) is 3.69. The van der Waals surface area contributed by atoms with Crippen molar-refractivity contribution >= 4 is 39.3 Å². The average molecular weight is 429 g/mol. The number of alkyl halides is 3. The van der Waals surface area contributed by atoms with Crippen molar-refractivity contribution in [1.82, 2.24) is 9.21 Å². The Kier molecular flexibility index (Phi) is 5.49. The van der Waals surface area contributed by atoms with Crippen molar-refractivity contribution in [2.45, 2.75) is 30.0 Å². The van der Waals surface area contributed by atoms with Gasteiger partial charge in [0.15, 0.2) is 0 Å². The zero-order valence-corrected chi connectivity index (χ0v) is 15.9. The van der Waals surface area contributed by atoms with Crippen LogP contribution in [0.1, 0.15) is 18.4 Å². The predicted molar refractivity (Wildman–Crippen MR) is 92.4 cm³/mol. The summed E-state index contributed by atoms with van der Waals surface area (Å²) in [5, 5.41) is -0.303. The Hall–Kier alpha value is -0.970. The number of hydrogen-bond acceptors (Lipinski definition) is 4. The fourth-order valence-corrected chi connectivity index (χ4v) is 6.65. The second-order valence-corrected chi connectivity index (χ2v) is 9.35. The van der Waals surface area contributed by atoms with Gasteiger partial charge in [0, 0.05) is 18.8 Å². The van der Waals surface area contributed by atoms with Gasteiger partial charge < -0.3 is 4.90 Å². The van der Waals surface area contributed by atoms with Crippen LogP contribution < -0.4 is 0 Å². The second-order valence-electron chi connectivity index (χ2n) is 6.08. The van der Waals surface area contributed by atoms with E-state index in [0.29, 0.717) is 19.2 Å². The van der Waals surface area contributed by atoms with E-state index in [0.717, 1.165) is 29.3 Å². The highest BCUT2D eigenvalue weighted by atomic mass is 35.5. The molecule has 0 spiro atoms. The molecule has 0 radical (unpaired) electrons. The van der Waals surface area contributed by atoms with Gasteiger partial charge in [-0.25, -0.2) is 8.42 Å². The molecular weight excluding hydrogens is 413 g/mol. The molecule has 1 aromatic carbocycles. The Balaban J connectivity index is 1.95. The first-order valence-corrected chi connectivity index (χ1v) is 10.8. The lowest BCUT2D eigenvalue weighted by Crippen LogP contribution is -2.48. The summed E-state index contributed by atoms with van der Waals surface area (Å²) in [5.41, 5.74) is -1.10. The first-order valence-electron chi connectivity index (χ1n) is 7.87. The van der Waals surface area contributed by atoms with Gasteiger partial charge in [-0.2, -0.15) is 17.5 Å². The summed E-state index contributed by atoms with van der Waals surface area (Å²) in [5.74, 6) is -0.0382. The number of likely N-dealkylation sites (tertiary alicyclic amines) is 1. The number of halogens is 4. The van der Waals surface area contributed by atoms with Crippen LogP contribution in [0.3, 0.4) is 0 Å². The zero-order chi connectivity index (χ0) is 19.1. The number of benzene rings is 1. The minimum Gasteiger partial charge on any atom is -0.341 e. The van der Waals surface area contributed by atoms with E-state index in [9.17, 15) is 26.4 Å². The number of nitrogens with zero attached hydrogens (tertiary/aromatic N) is 2. The van der Waals surface area contributed by atoms with Gasteiger partial charge >= 0.3 is 6.18 Å². The quantitative estimate of drug-likeness (QED) is 0.742. The highest BCUT2D eigenvalue weighted by Crippen LogP contribution is 2.37. The summed E-state index contributed by atoms with van der Waals surface area (Å²) in [7, 11) is -4.34. The molecule has 2 aliphatic rings. The molecule has 2 saturated heterocycles. The first-order chi connectivity index (χ1) is 12.1. The molecule has 11 heteroatoms. The summed E-state index contributed by atoms with van der Waals surface area (Å²) in [6.07, 6.45) is -2.98. The molecule has 0 aromatic heterocycles. The summed E-state index contributed by atoms with van der Waals surface area (Å²) in [4.78, 5) is 13.6. The van der Waals surface area contributed by atoms with Crippen molar-refractivity contribution in [2.75, 3.05) is 24.7 Å². The molecule has 0 saturated carbocycles. The summed E-state index contributed by atoms with van der Waals surface area (Å²) >= 11 is 7.14. The predicted octanol–water partition coefficient (Wildman–Crippen LogP) is 3.04. The Morgan fingerprint density at radius 3 is 2.50 bits per heavy atom. The Morgan fingerprint density at radius 1 is 1.23 bits per heavy atom. The molecular formula is C15H16ClF3N2O3S2. The number of carbonyl (C=O) groups is 1. The lowest BCUT2D eigenvalue weighted by atomic mass is 10.2. The van der Waals surface area contributed by atoms with Gasteiger partial charge in [0.25, 0.3) is 0 Å². The number of thioether (sulfide) groups is 1. The molecule has 26 heavy (non-hydrogen) atoms. The fourth-order valence-electron chi connectivity index (χ4n) is 3.01. The normalized spacial score (nSPS) is 22.2. The maximum absolute atomic E-state index is 13.0. The maximum atomic E-state index is 13.0. The van der Waals surface area contributed by atoms with E-state index in [1.54, 1.807) is 4.90 Å².